The molecule has 27 heavy (non-hydrogen) atoms. The molecular formula is C19H16Cl2N4OS. The zero-order chi connectivity index (χ0) is 19.2. The number of nitrogens with zero attached hydrogens (tertiary/aromatic N) is 3. The molecule has 0 atom stereocenters. The highest BCUT2D eigenvalue weighted by atomic mass is 35.5. The highest BCUT2D eigenvalue weighted by molar-refractivity contribution is 7.99. The van der Waals surface area contributed by atoms with Gasteiger partial charge in [0.05, 0.1) is 16.5 Å². The van der Waals surface area contributed by atoms with Crippen molar-refractivity contribution >= 4 is 46.6 Å². The molecule has 1 aromatic heterocycles. The van der Waals surface area contributed by atoms with Crippen LogP contribution in [-0.2, 0) is 11.3 Å². The van der Waals surface area contributed by atoms with Crippen LogP contribution < -0.4 is 5.32 Å². The first-order valence-corrected chi connectivity index (χ1v) is 9.80. The standard InChI is InChI=1S/C19H16Cl2N4OS/c1-2-11-25-18(13-7-9-14(20)10-8-13)23-24-19(25)27-12-17(26)22-16-6-4-3-5-15(16)21/h2-10H,1,11-12H2,(H,22,26). The summed E-state index contributed by atoms with van der Waals surface area (Å²) < 4.78 is 1.91. The van der Waals surface area contributed by atoms with E-state index < -0.39 is 0 Å². The van der Waals surface area contributed by atoms with E-state index in [0.717, 1.165) is 5.56 Å². The summed E-state index contributed by atoms with van der Waals surface area (Å²) in [6.07, 6.45) is 1.76. The second-order valence-corrected chi connectivity index (χ2v) is 7.32. The first-order valence-electron chi connectivity index (χ1n) is 8.05. The van der Waals surface area contributed by atoms with Crippen LogP contribution in [0.3, 0.4) is 0 Å². The van der Waals surface area contributed by atoms with Gasteiger partial charge in [-0.25, -0.2) is 0 Å². The predicted octanol–water partition coefficient (Wildman–Crippen LogP) is 5.17. The molecule has 0 aliphatic rings. The van der Waals surface area contributed by atoms with Crippen molar-refractivity contribution in [3.8, 4) is 11.4 Å². The molecule has 8 heteroatoms. The maximum Gasteiger partial charge on any atom is 0.234 e. The third-order valence-corrected chi connectivity index (χ3v) is 5.16. The molecule has 0 radical (unpaired) electrons. The molecule has 0 spiro atoms. The van der Waals surface area contributed by atoms with Gasteiger partial charge in [0, 0.05) is 17.1 Å². The minimum absolute atomic E-state index is 0.172. The Bertz CT molecular complexity index is 957. The lowest BCUT2D eigenvalue weighted by molar-refractivity contribution is -0.113. The SMILES string of the molecule is C=CCn1c(SCC(=O)Nc2ccccc2Cl)nnc1-c1ccc(Cl)cc1. The highest BCUT2D eigenvalue weighted by Crippen LogP contribution is 2.26. The smallest absolute Gasteiger partial charge is 0.234 e. The summed E-state index contributed by atoms with van der Waals surface area (Å²) in [5.41, 5.74) is 1.47. The van der Waals surface area contributed by atoms with E-state index in [4.69, 9.17) is 23.2 Å². The van der Waals surface area contributed by atoms with E-state index in [1.165, 1.54) is 11.8 Å². The lowest BCUT2D eigenvalue weighted by atomic mass is 10.2. The molecule has 0 aliphatic carbocycles. The van der Waals surface area contributed by atoms with Gasteiger partial charge in [0.1, 0.15) is 0 Å². The van der Waals surface area contributed by atoms with E-state index in [0.29, 0.717) is 33.3 Å². The van der Waals surface area contributed by atoms with Gasteiger partial charge in [-0.3, -0.25) is 9.36 Å². The van der Waals surface area contributed by atoms with Crippen LogP contribution in [0.5, 0.6) is 0 Å². The molecular weight excluding hydrogens is 403 g/mol. The first kappa shape index (κ1) is 19.5. The number of hydrogen-bond donors (Lipinski definition) is 1. The molecule has 0 bridgehead atoms. The quantitative estimate of drug-likeness (QED) is 0.424. The lowest BCUT2D eigenvalue weighted by Crippen LogP contribution is -2.15. The Kier molecular flexibility index (Phi) is 6.55. The number of hydrogen-bond acceptors (Lipinski definition) is 4. The average molecular weight is 419 g/mol. The number of allylic oxidation sites excluding steroid dienone is 1. The summed E-state index contributed by atoms with van der Waals surface area (Å²) in [6.45, 7) is 4.31. The molecule has 3 aromatic rings. The van der Waals surface area contributed by atoms with E-state index >= 15 is 0 Å². The Morgan fingerprint density at radius 2 is 1.89 bits per heavy atom. The number of benzene rings is 2. The molecule has 5 nitrogen and oxygen atoms in total. The largest absolute Gasteiger partial charge is 0.324 e. The molecule has 2 aromatic carbocycles. The molecule has 3 rings (SSSR count). The van der Waals surface area contributed by atoms with Gasteiger partial charge < -0.3 is 5.32 Å². The van der Waals surface area contributed by atoms with E-state index in [-0.39, 0.29) is 11.7 Å². The molecule has 0 aliphatic heterocycles. The fourth-order valence-corrected chi connectivity index (χ4v) is 3.44. The molecule has 1 amide bonds. The maximum atomic E-state index is 12.2. The van der Waals surface area contributed by atoms with E-state index in [9.17, 15) is 4.79 Å². The van der Waals surface area contributed by atoms with Crippen molar-refractivity contribution < 1.29 is 4.79 Å². The van der Waals surface area contributed by atoms with Gasteiger partial charge in [-0.15, -0.1) is 16.8 Å². The number of nitrogens with one attached hydrogen (secondary N) is 1. The Hall–Kier alpha value is -2.28. The van der Waals surface area contributed by atoms with Crippen LogP contribution in [0.4, 0.5) is 5.69 Å². The van der Waals surface area contributed by atoms with Crippen molar-refractivity contribution in [3.63, 3.8) is 0 Å². The number of anilines is 1. The number of aromatic nitrogens is 3. The van der Waals surface area contributed by atoms with Gasteiger partial charge in [-0.1, -0.05) is 53.2 Å². The number of amides is 1. The monoisotopic (exact) mass is 418 g/mol. The Morgan fingerprint density at radius 3 is 2.59 bits per heavy atom. The number of para-hydroxylation sites is 1. The number of carbonyl (C=O) groups is 1. The van der Waals surface area contributed by atoms with Gasteiger partial charge in [0.2, 0.25) is 5.91 Å². The lowest BCUT2D eigenvalue weighted by Gasteiger charge is -2.09. The first-order chi connectivity index (χ1) is 13.1. The van der Waals surface area contributed by atoms with Gasteiger partial charge in [-0.05, 0) is 36.4 Å². The van der Waals surface area contributed by atoms with Crippen LogP contribution in [0.25, 0.3) is 11.4 Å². The highest BCUT2D eigenvalue weighted by Gasteiger charge is 2.15. The van der Waals surface area contributed by atoms with Crippen LogP contribution in [0.15, 0.2) is 66.3 Å². The summed E-state index contributed by atoms with van der Waals surface area (Å²) in [5, 5.41) is 13.1. The number of halogens is 2. The molecule has 0 unspecified atom stereocenters. The summed E-state index contributed by atoms with van der Waals surface area (Å²) in [6, 6.07) is 14.5. The van der Waals surface area contributed by atoms with Gasteiger partial charge in [0.15, 0.2) is 11.0 Å². The van der Waals surface area contributed by atoms with Crippen LogP contribution >= 0.6 is 35.0 Å². The maximum absolute atomic E-state index is 12.2. The summed E-state index contributed by atoms with van der Waals surface area (Å²) >= 11 is 13.3. The third kappa shape index (κ3) is 4.91. The van der Waals surface area contributed by atoms with Crippen molar-refractivity contribution in [2.45, 2.75) is 11.7 Å². The van der Waals surface area contributed by atoms with Gasteiger partial charge in [0.25, 0.3) is 0 Å². The number of thioether (sulfide) groups is 1. The Morgan fingerprint density at radius 1 is 1.15 bits per heavy atom. The van der Waals surface area contributed by atoms with Crippen LogP contribution in [0, 0.1) is 0 Å². The normalized spacial score (nSPS) is 10.6. The minimum Gasteiger partial charge on any atom is -0.324 e. The zero-order valence-electron chi connectivity index (χ0n) is 14.2. The average Bonchev–Trinajstić information content (AvgIpc) is 3.06. The van der Waals surface area contributed by atoms with Gasteiger partial charge in [-0.2, -0.15) is 0 Å². The number of carbonyl (C=O) groups excluding carboxylic acids is 1. The van der Waals surface area contributed by atoms with Crippen molar-refractivity contribution in [2.75, 3.05) is 11.1 Å². The van der Waals surface area contributed by atoms with E-state index in [2.05, 4.69) is 22.1 Å². The second-order valence-electron chi connectivity index (χ2n) is 5.53. The fraction of sp³-hybridized carbons (Fsp3) is 0.105. The van der Waals surface area contributed by atoms with Crippen molar-refractivity contribution in [3.05, 3.63) is 71.2 Å². The van der Waals surface area contributed by atoms with Crippen molar-refractivity contribution in [2.24, 2.45) is 0 Å². The molecule has 1 N–H and O–H groups in total. The van der Waals surface area contributed by atoms with E-state index in [1.807, 2.05) is 28.8 Å². The summed E-state index contributed by atoms with van der Waals surface area (Å²) in [4.78, 5) is 12.2. The second kappa shape index (κ2) is 9.08. The topological polar surface area (TPSA) is 59.8 Å². The molecule has 138 valence electrons. The fourth-order valence-electron chi connectivity index (χ4n) is 2.38. The van der Waals surface area contributed by atoms with E-state index in [1.54, 1.807) is 30.3 Å². The summed E-state index contributed by atoms with van der Waals surface area (Å²) in [7, 11) is 0. The Labute approximate surface area is 171 Å². The zero-order valence-corrected chi connectivity index (χ0v) is 16.6. The summed E-state index contributed by atoms with van der Waals surface area (Å²) in [5.74, 6) is 0.705. The molecule has 0 fully saturated rings. The van der Waals surface area contributed by atoms with Crippen LogP contribution in [-0.4, -0.2) is 26.4 Å². The van der Waals surface area contributed by atoms with Crippen molar-refractivity contribution in [1.29, 1.82) is 0 Å². The van der Waals surface area contributed by atoms with Crippen LogP contribution in [0.2, 0.25) is 10.0 Å². The van der Waals surface area contributed by atoms with Gasteiger partial charge >= 0.3 is 0 Å². The minimum atomic E-state index is -0.172. The molecule has 0 saturated carbocycles. The predicted molar refractivity (Wildman–Crippen MR) is 111 cm³/mol. The van der Waals surface area contributed by atoms with Crippen LogP contribution in [0.1, 0.15) is 0 Å². The Balaban J connectivity index is 1.73. The molecule has 0 saturated heterocycles. The van der Waals surface area contributed by atoms with Crippen molar-refractivity contribution in [1.82, 2.24) is 14.8 Å². The molecule has 1 heterocycles. The number of rotatable bonds is 7. The third-order valence-electron chi connectivity index (χ3n) is 3.61.